The standard InChI is InChI=1S/C14H14N4O4S2/c1-15-24(19,20)14-17-18-8-10(16-13(18)23-14)9-3-4-11-12(7-9)22-6-2-5-21-11/h3-4,7-8,15H,2,5-6H2,1H3. The van der Waals surface area contributed by atoms with Gasteiger partial charge in [-0.2, -0.15) is 0 Å². The molecule has 1 N–H and O–H groups in total. The SMILES string of the molecule is CNS(=O)(=O)c1nn2cc(-c3ccc4c(c3)OCCCO4)nc2s1. The summed E-state index contributed by atoms with van der Waals surface area (Å²) >= 11 is 1.01. The molecule has 0 saturated heterocycles. The fourth-order valence-electron chi connectivity index (χ4n) is 2.34. The lowest BCUT2D eigenvalue weighted by Crippen LogP contribution is -2.18. The Hall–Kier alpha value is -2.17. The van der Waals surface area contributed by atoms with Crippen LogP contribution in [0.15, 0.2) is 28.7 Å². The van der Waals surface area contributed by atoms with Crippen molar-refractivity contribution in [3.63, 3.8) is 0 Å². The van der Waals surface area contributed by atoms with Gasteiger partial charge in [0, 0.05) is 12.0 Å². The third-order valence-corrected chi connectivity index (χ3v) is 6.27. The summed E-state index contributed by atoms with van der Waals surface area (Å²) in [5, 5.41) is 4.07. The van der Waals surface area contributed by atoms with Crippen molar-refractivity contribution in [3.8, 4) is 22.8 Å². The highest BCUT2D eigenvalue weighted by atomic mass is 32.2. The van der Waals surface area contributed by atoms with Gasteiger partial charge in [-0.1, -0.05) is 11.3 Å². The van der Waals surface area contributed by atoms with Crippen molar-refractivity contribution in [3.05, 3.63) is 24.4 Å². The van der Waals surface area contributed by atoms with Gasteiger partial charge in [-0.15, -0.1) is 5.10 Å². The van der Waals surface area contributed by atoms with E-state index < -0.39 is 10.0 Å². The van der Waals surface area contributed by atoms with Crippen LogP contribution < -0.4 is 14.2 Å². The molecule has 2 aromatic heterocycles. The van der Waals surface area contributed by atoms with Crippen molar-refractivity contribution in [1.29, 1.82) is 0 Å². The number of sulfonamides is 1. The van der Waals surface area contributed by atoms with Crippen molar-refractivity contribution < 1.29 is 17.9 Å². The molecular weight excluding hydrogens is 352 g/mol. The van der Waals surface area contributed by atoms with Crippen LogP contribution in [0.4, 0.5) is 0 Å². The lowest BCUT2D eigenvalue weighted by atomic mass is 10.1. The normalized spacial score (nSPS) is 14.7. The third kappa shape index (κ3) is 2.62. The Morgan fingerprint density at radius 2 is 2.04 bits per heavy atom. The van der Waals surface area contributed by atoms with E-state index in [-0.39, 0.29) is 4.34 Å². The fourth-order valence-corrected chi connectivity index (χ4v) is 4.24. The zero-order valence-electron chi connectivity index (χ0n) is 12.7. The van der Waals surface area contributed by atoms with Gasteiger partial charge < -0.3 is 9.47 Å². The van der Waals surface area contributed by atoms with Crippen LogP contribution in [0.25, 0.3) is 16.2 Å². The predicted molar refractivity (Wildman–Crippen MR) is 88.2 cm³/mol. The van der Waals surface area contributed by atoms with Crippen LogP contribution in [0.1, 0.15) is 6.42 Å². The Labute approximate surface area is 142 Å². The molecule has 0 saturated carbocycles. The molecule has 0 fully saturated rings. The number of imidazole rings is 1. The van der Waals surface area contributed by atoms with Crippen molar-refractivity contribution >= 4 is 26.3 Å². The molecule has 4 rings (SSSR count). The molecule has 0 unspecified atom stereocenters. The molecule has 0 radical (unpaired) electrons. The zero-order chi connectivity index (χ0) is 16.7. The molecular formula is C14H14N4O4S2. The first-order valence-corrected chi connectivity index (χ1v) is 9.56. The van der Waals surface area contributed by atoms with Crippen LogP contribution in [-0.4, -0.2) is 43.3 Å². The van der Waals surface area contributed by atoms with E-state index in [0.717, 1.165) is 29.1 Å². The summed E-state index contributed by atoms with van der Waals surface area (Å²) < 4.78 is 38.6. The molecule has 0 aliphatic carbocycles. The van der Waals surface area contributed by atoms with Crippen LogP contribution in [0, 0.1) is 0 Å². The van der Waals surface area contributed by atoms with Crippen LogP contribution in [0.2, 0.25) is 0 Å². The van der Waals surface area contributed by atoms with Gasteiger partial charge in [-0.3, -0.25) is 0 Å². The number of nitrogens with one attached hydrogen (secondary N) is 1. The third-order valence-electron chi connectivity index (χ3n) is 3.57. The van der Waals surface area contributed by atoms with Gasteiger partial charge in [0.2, 0.25) is 9.30 Å². The minimum atomic E-state index is -3.56. The maximum atomic E-state index is 11.8. The number of benzene rings is 1. The molecule has 8 nitrogen and oxygen atoms in total. The van der Waals surface area contributed by atoms with Crippen LogP contribution in [-0.2, 0) is 10.0 Å². The molecule has 0 amide bonds. The van der Waals surface area contributed by atoms with E-state index in [1.54, 1.807) is 6.20 Å². The first kappa shape index (κ1) is 15.4. The van der Waals surface area contributed by atoms with Gasteiger partial charge in [0.15, 0.2) is 11.5 Å². The molecule has 24 heavy (non-hydrogen) atoms. The van der Waals surface area contributed by atoms with Gasteiger partial charge in [-0.05, 0) is 25.2 Å². The topological polar surface area (TPSA) is 94.8 Å². The van der Waals surface area contributed by atoms with E-state index in [9.17, 15) is 8.42 Å². The number of aromatic nitrogens is 3. The van der Waals surface area contributed by atoms with Crippen LogP contribution in [0.3, 0.4) is 0 Å². The molecule has 1 aliphatic rings. The second-order valence-electron chi connectivity index (χ2n) is 5.14. The number of fused-ring (bicyclic) bond motifs is 2. The van der Waals surface area contributed by atoms with Gasteiger partial charge >= 0.3 is 0 Å². The highest BCUT2D eigenvalue weighted by molar-refractivity contribution is 7.91. The van der Waals surface area contributed by atoms with E-state index in [2.05, 4.69) is 14.8 Å². The number of ether oxygens (including phenoxy) is 2. The quantitative estimate of drug-likeness (QED) is 0.755. The largest absolute Gasteiger partial charge is 0.490 e. The van der Waals surface area contributed by atoms with Gasteiger partial charge in [0.05, 0.1) is 25.1 Å². The van der Waals surface area contributed by atoms with Crippen molar-refractivity contribution in [2.45, 2.75) is 10.8 Å². The molecule has 126 valence electrons. The van der Waals surface area contributed by atoms with Gasteiger partial charge in [0.25, 0.3) is 10.0 Å². The van der Waals surface area contributed by atoms with E-state index >= 15 is 0 Å². The summed E-state index contributed by atoms with van der Waals surface area (Å²) in [4.78, 5) is 4.96. The van der Waals surface area contributed by atoms with Gasteiger partial charge in [-0.25, -0.2) is 22.6 Å². The van der Waals surface area contributed by atoms with Crippen LogP contribution in [0.5, 0.6) is 11.5 Å². The predicted octanol–water partition coefficient (Wildman–Crippen LogP) is 1.53. The highest BCUT2D eigenvalue weighted by Gasteiger charge is 2.20. The number of hydrogen-bond acceptors (Lipinski definition) is 7. The average molecular weight is 366 g/mol. The first-order chi connectivity index (χ1) is 11.6. The van der Waals surface area contributed by atoms with Crippen LogP contribution >= 0.6 is 11.3 Å². The molecule has 0 spiro atoms. The minimum Gasteiger partial charge on any atom is -0.490 e. The number of rotatable bonds is 3. The fraction of sp³-hybridized carbons (Fsp3) is 0.286. The van der Waals surface area contributed by atoms with Crippen molar-refractivity contribution in [1.82, 2.24) is 19.3 Å². The lowest BCUT2D eigenvalue weighted by molar-refractivity contribution is 0.297. The second-order valence-corrected chi connectivity index (χ2v) is 8.16. The van der Waals surface area contributed by atoms with E-state index in [0.29, 0.717) is 29.6 Å². The smallest absolute Gasteiger partial charge is 0.269 e. The Morgan fingerprint density at radius 3 is 2.79 bits per heavy atom. The summed E-state index contributed by atoms with van der Waals surface area (Å²) in [5.41, 5.74) is 1.55. The summed E-state index contributed by atoms with van der Waals surface area (Å²) in [5.74, 6) is 1.41. The zero-order valence-corrected chi connectivity index (χ0v) is 14.4. The molecule has 0 atom stereocenters. The number of nitrogens with zero attached hydrogens (tertiary/aromatic N) is 3. The van der Waals surface area contributed by atoms with Crippen molar-refractivity contribution in [2.24, 2.45) is 0 Å². The first-order valence-electron chi connectivity index (χ1n) is 7.26. The lowest BCUT2D eigenvalue weighted by Gasteiger charge is -2.07. The Balaban J connectivity index is 1.72. The van der Waals surface area contributed by atoms with Crippen molar-refractivity contribution in [2.75, 3.05) is 20.3 Å². The Kier molecular flexibility index (Phi) is 3.66. The summed E-state index contributed by atoms with van der Waals surface area (Å²) in [7, 11) is -2.21. The van der Waals surface area contributed by atoms with E-state index in [4.69, 9.17) is 9.47 Å². The minimum absolute atomic E-state index is 0.0160. The molecule has 0 bridgehead atoms. The van der Waals surface area contributed by atoms with E-state index in [1.807, 2.05) is 18.2 Å². The highest BCUT2D eigenvalue weighted by Crippen LogP contribution is 2.34. The molecule has 3 aromatic rings. The summed E-state index contributed by atoms with van der Waals surface area (Å²) in [6, 6.07) is 5.62. The molecule has 1 aromatic carbocycles. The molecule has 10 heteroatoms. The average Bonchev–Trinajstić information content (AvgIpc) is 3.06. The second kappa shape index (κ2) is 5.72. The molecule has 1 aliphatic heterocycles. The summed E-state index contributed by atoms with van der Waals surface area (Å²) in [6.07, 6.45) is 2.54. The van der Waals surface area contributed by atoms with E-state index in [1.165, 1.54) is 11.6 Å². The number of hydrogen-bond donors (Lipinski definition) is 1. The Morgan fingerprint density at radius 1 is 1.25 bits per heavy atom. The summed E-state index contributed by atoms with van der Waals surface area (Å²) in [6.45, 7) is 1.25. The maximum Gasteiger partial charge on any atom is 0.269 e. The van der Waals surface area contributed by atoms with Gasteiger partial charge in [0.1, 0.15) is 0 Å². The molecule has 3 heterocycles. The Bertz CT molecular complexity index is 978. The monoisotopic (exact) mass is 366 g/mol. The maximum absolute atomic E-state index is 11.8.